The number of nitrogens with two attached hydrogens (primary N) is 1. The molecule has 0 aromatic carbocycles. The van der Waals surface area contributed by atoms with Gasteiger partial charge in [-0.1, -0.05) is 4.49 Å². The molecule has 2 aromatic rings. The summed E-state index contributed by atoms with van der Waals surface area (Å²) in [7, 11) is 0. The molecular weight excluding hydrogens is 326 g/mol. The highest BCUT2D eigenvalue weighted by Gasteiger charge is 2.16. The number of pyridine rings is 1. The third kappa shape index (κ3) is 2.38. The van der Waals surface area contributed by atoms with Crippen LogP contribution in [0.4, 0.5) is 10.7 Å². The first-order chi connectivity index (χ1) is 8.49. The van der Waals surface area contributed by atoms with Gasteiger partial charge >= 0.3 is 5.69 Å². The summed E-state index contributed by atoms with van der Waals surface area (Å²) in [5.74, 6) is 0. The molecule has 18 heavy (non-hydrogen) atoms. The van der Waals surface area contributed by atoms with Crippen molar-refractivity contribution in [2.75, 3.05) is 5.73 Å². The average molecular weight is 332 g/mol. The molecule has 0 amide bonds. The summed E-state index contributed by atoms with van der Waals surface area (Å²) in [4.78, 5) is 21.5. The van der Waals surface area contributed by atoms with Gasteiger partial charge in [0, 0.05) is 17.7 Å². The second-order valence-electron chi connectivity index (χ2n) is 3.33. The number of halogens is 1. The van der Waals surface area contributed by atoms with E-state index in [1.54, 1.807) is 0 Å². The Labute approximate surface area is 112 Å². The van der Waals surface area contributed by atoms with Crippen molar-refractivity contribution in [3.05, 3.63) is 42.9 Å². The number of hydrogen-bond acceptors (Lipinski definition) is 7. The average Bonchev–Trinajstić information content (AvgIpc) is 2.69. The van der Waals surface area contributed by atoms with Crippen LogP contribution in [0.3, 0.4) is 0 Å². The van der Waals surface area contributed by atoms with Crippen molar-refractivity contribution in [1.82, 2.24) is 14.2 Å². The van der Waals surface area contributed by atoms with Crippen molar-refractivity contribution < 1.29 is 4.92 Å². The van der Waals surface area contributed by atoms with Gasteiger partial charge in [0.2, 0.25) is 0 Å². The van der Waals surface area contributed by atoms with E-state index >= 15 is 0 Å². The first-order valence-electron chi connectivity index (χ1n) is 4.59. The zero-order valence-electron chi connectivity index (χ0n) is 8.74. The predicted molar refractivity (Wildman–Crippen MR) is 68.5 cm³/mol. The summed E-state index contributed by atoms with van der Waals surface area (Å²) in [5.41, 5.74) is 4.96. The lowest BCUT2D eigenvalue weighted by Gasteiger charge is -2.04. The van der Waals surface area contributed by atoms with Gasteiger partial charge in [0.05, 0.1) is 22.1 Å². The van der Waals surface area contributed by atoms with Crippen molar-refractivity contribution in [3.63, 3.8) is 0 Å². The Morgan fingerprint density at radius 3 is 2.83 bits per heavy atom. The topological polar surface area (TPSA) is 117 Å². The summed E-state index contributed by atoms with van der Waals surface area (Å²) in [6.07, 6.45) is 2.58. The standard InChI is InChI=1S/C8H6BrN5O3S/c9-4-1-13(2-5-8(10)18-12-11-5)3-6(7(4)15)14(16)17/h1,3H,2,10H2. The summed E-state index contributed by atoms with van der Waals surface area (Å²) in [5, 5.41) is 15.0. The smallest absolute Gasteiger partial charge is 0.333 e. The van der Waals surface area contributed by atoms with Gasteiger partial charge in [-0.2, -0.15) is 0 Å². The second-order valence-corrected chi connectivity index (χ2v) is 4.97. The van der Waals surface area contributed by atoms with E-state index in [1.165, 1.54) is 10.8 Å². The molecule has 0 aliphatic heterocycles. The quantitative estimate of drug-likeness (QED) is 0.662. The summed E-state index contributed by atoms with van der Waals surface area (Å²) < 4.78 is 5.23. The van der Waals surface area contributed by atoms with Gasteiger partial charge in [0.25, 0.3) is 5.43 Å². The van der Waals surface area contributed by atoms with Gasteiger partial charge in [0.15, 0.2) is 0 Å². The summed E-state index contributed by atoms with van der Waals surface area (Å²) >= 11 is 4.02. The van der Waals surface area contributed by atoms with Gasteiger partial charge in [-0.25, -0.2) is 0 Å². The molecular formula is C8H6BrN5O3S. The van der Waals surface area contributed by atoms with Crippen LogP contribution in [0.1, 0.15) is 5.69 Å². The lowest BCUT2D eigenvalue weighted by Crippen LogP contribution is -2.14. The minimum atomic E-state index is -0.730. The Kier molecular flexibility index (Phi) is 3.39. The molecule has 8 nitrogen and oxygen atoms in total. The van der Waals surface area contributed by atoms with Crippen LogP contribution in [0.5, 0.6) is 0 Å². The Bertz CT molecular complexity index is 667. The molecule has 0 radical (unpaired) electrons. The van der Waals surface area contributed by atoms with Crippen molar-refractivity contribution in [2.45, 2.75) is 6.54 Å². The molecule has 10 heteroatoms. The molecule has 0 spiro atoms. The number of aromatic nitrogens is 3. The molecule has 0 atom stereocenters. The van der Waals surface area contributed by atoms with E-state index in [0.717, 1.165) is 17.7 Å². The molecule has 2 N–H and O–H groups in total. The van der Waals surface area contributed by atoms with Crippen LogP contribution in [-0.4, -0.2) is 19.1 Å². The maximum Gasteiger partial charge on any atom is 0.333 e. The van der Waals surface area contributed by atoms with Crippen LogP contribution in [-0.2, 0) is 6.54 Å². The molecule has 2 aromatic heterocycles. The van der Waals surface area contributed by atoms with Gasteiger partial charge in [-0.05, 0) is 15.9 Å². The molecule has 0 unspecified atom stereocenters. The highest BCUT2D eigenvalue weighted by Crippen LogP contribution is 2.16. The van der Waals surface area contributed by atoms with Crippen molar-refractivity contribution in [1.29, 1.82) is 0 Å². The Morgan fingerprint density at radius 2 is 2.28 bits per heavy atom. The summed E-state index contributed by atoms with van der Waals surface area (Å²) in [6, 6.07) is 0. The van der Waals surface area contributed by atoms with Gasteiger partial charge in [-0.3, -0.25) is 14.9 Å². The maximum atomic E-state index is 11.5. The molecule has 0 aliphatic carbocycles. The number of nitrogens with zero attached hydrogens (tertiary/aromatic N) is 4. The summed E-state index contributed by atoms with van der Waals surface area (Å²) in [6.45, 7) is 0.210. The van der Waals surface area contributed by atoms with Crippen LogP contribution < -0.4 is 11.2 Å². The highest BCUT2D eigenvalue weighted by atomic mass is 79.9. The van der Waals surface area contributed by atoms with E-state index in [2.05, 4.69) is 25.5 Å². The van der Waals surface area contributed by atoms with Crippen LogP contribution in [0, 0.1) is 10.1 Å². The number of hydrogen-bond donors (Lipinski definition) is 1. The second kappa shape index (κ2) is 4.82. The van der Waals surface area contributed by atoms with Crippen molar-refractivity contribution in [2.24, 2.45) is 0 Å². The van der Waals surface area contributed by atoms with E-state index in [1.807, 2.05) is 0 Å². The minimum absolute atomic E-state index is 0.110. The van der Waals surface area contributed by atoms with Gasteiger partial charge in [-0.15, -0.1) is 5.10 Å². The fraction of sp³-hybridized carbons (Fsp3) is 0.125. The number of nitro groups is 1. The molecule has 0 aliphatic rings. The van der Waals surface area contributed by atoms with E-state index in [4.69, 9.17) is 5.73 Å². The Balaban J connectivity index is 2.44. The van der Waals surface area contributed by atoms with Crippen LogP contribution >= 0.6 is 27.5 Å². The molecule has 0 bridgehead atoms. The number of rotatable bonds is 3. The van der Waals surface area contributed by atoms with E-state index in [-0.39, 0.29) is 11.0 Å². The minimum Gasteiger partial charge on any atom is -0.388 e. The SMILES string of the molecule is Nc1snnc1Cn1cc(Br)c(=O)c([N+](=O)[O-])c1. The highest BCUT2D eigenvalue weighted by molar-refractivity contribution is 9.10. The fourth-order valence-electron chi connectivity index (χ4n) is 1.30. The largest absolute Gasteiger partial charge is 0.388 e. The zero-order valence-corrected chi connectivity index (χ0v) is 11.1. The molecule has 0 saturated heterocycles. The molecule has 94 valence electrons. The monoisotopic (exact) mass is 331 g/mol. The van der Waals surface area contributed by atoms with Gasteiger partial charge < -0.3 is 10.3 Å². The molecule has 0 saturated carbocycles. The fourth-order valence-corrected chi connectivity index (χ4v) is 2.20. The predicted octanol–water partition coefficient (Wildman–Crippen LogP) is 1.00. The number of nitrogen functional groups attached to an aromatic ring is 1. The lowest BCUT2D eigenvalue weighted by atomic mass is 10.3. The maximum absolute atomic E-state index is 11.5. The lowest BCUT2D eigenvalue weighted by molar-refractivity contribution is -0.386. The van der Waals surface area contributed by atoms with E-state index in [9.17, 15) is 14.9 Å². The van der Waals surface area contributed by atoms with Crippen LogP contribution in [0.25, 0.3) is 0 Å². The van der Waals surface area contributed by atoms with E-state index < -0.39 is 16.0 Å². The van der Waals surface area contributed by atoms with Crippen LogP contribution in [0.15, 0.2) is 21.7 Å². The first kappa shape index (κ1) is 12.6. The Morgan fingerprint density at radius 1 is 1.56 bits per heavy atom. The molecule has 0 fully saturated rings. The third-order valence-corrected chi connectivity index (χ3v) is 3.29. The number of anilines is 1. The normalized spacial score (nSPS) is 10.5. The molecule has 2 rings (SSSR count). The zero-order chi connectivity index (χ0) is 13.3. The van der Waals surface area contributed by atoms with Crippen molar-refractivity contribution >= 4 is 38.2 Å². The molecule has 2 heterocycles. The van der Waals surface area contributed by atoms with Gasteiger partial charge in [0.1, 0.15) is 10.7 Å². The first-order valence-corrected chi connectivity index (χ1v) is 6.16. The van der Waals surface area contributed by atoms with Crippen LogP contribution in [0.2, 0.25) is 0 Å². The Hall–Kier alpha value is -1.81. The third-order valence-electron chi connectivity index (χ3n) is 2.13. The van der Waals surface area contributed by atoms with E-state index in [0.29, 0.717) is 10.7 Å². The van der Waals surface area contributed by atoms with Crippen molar-refractivity contribution in [3.8, 4) is 0 Å².